The molecule has 10 heteroatoms. The molecule has 2 aromatic carbocycles. The Morgan fingerprint density at radius 2 is 1.76 bits per heavy atom. The molecule has 214 valence electrons. The Hall–Kier alpha value is -4.34. The summed E-state index contributed by atoms with van der Waals surface area (Å²) in [4.78, 5) is 42.8. The second-order valence-corrected chi connectivity index (χ2v) is 10.4. The number of nitrogens with zero attached hydrogens (tertiary/aromatic N) is 1. The summed E-state index contributed by atoms with van der Waals surface area (Å²) in [5, 5.41) is 2.57. The van der Waals surface area contributed by atoms with Gasteiger partial charge in [-0.25, -0.2) is 18.6 Å². The van der Waals surface area contributed by atoms with E-state index < -0.39 is 41.7 Å². The molecule has 3 atom stereocenters. The van der Waals surface area contributed by atoms with Crippen molar-refractivity contribution in [2.24, 2.45) is 5.92 Å². The molecule has 1 saturated carbocycles. The fourth-order valence-electron chi connectivity index (χ4n) is 5.09. The number of nitrogens with one attached hydrogen (secondary N) is 1. The highest BCUT2D eigenvalue weighted by Crippen LogP contribution is 2.39. The standard InChI is InChI=1S/C31H30F2N2O6/c1-17(35-30(37)28-29(25(39-2)13-14-34-28)41-26(36)15-18-3-4-18)31(38)40-24-12-7-20-16-22(33)10-11-23(20)27(24)19-5-8-21(32)9-6-19/h5-6,8-11,13-14,16-18,24,27H,3-4,7,12,15H2,1-2H3,(H,35,37)/t17-,24?,27?/m0/s1. The summed E-state index contributed by atoms with van der Waals surface area (Å²) in [5.74, 6) is -2.85. The third-order valence-electron chi connectivity index (χ3n) is 7.38. The van der Waals surface area contributed by atoms with Crippen LogP contribution in [-0.2, 0) is 20.7 Å². The molecule has 2 aliphatic carbocycles. The van der Waals surface area contributed by atoms with E-state index in [2.05, 4.69) is 10.3 Å². The molecule has 0 bridgehead atoms. The normalized spacial score (nSPS) is 18.5. The van der Waals surface area contributed by atoms with Crippen molar-refractivity contribution in [2.45, 2.75) is 57.1 Å². The first-order valence-corrected chi connectivity index (χ1v) is 13.5. The molecule has 1 N–H and O–H groups in total. The highest BCUT2D eigenvalue weighted by Gasteiger charge is 2.35. The molecule has 0 aliphatic heterocycles. The van der Waals surface area contributed by atoms with E-state index in [-0.39, 0.29) is 35.3 Å². The van der Waals surface area contributed by atoms with Gasteiger partial charge in [0.25, 0.3) is 5.91 Å². The minimum absolute atomic E-state index is 0.119. The van der Waals surface area contributed by atoms with Gasteiger partial charge < -0.3 is 19.5 Å². The summed E-state index contributed by atoms with van der Waals surface area (Å²) < 4.78 is 44.2. The number of pyridine rings is 1. The minimum atomic E-state index is -1.09. The molecule has 1 aromatic heterocycles. The van der Waals surface area contributed by atoms with E-state index in [4.69, 9.17) is 14.2 Å². The monoisotopic (exact) mass is 564 g/mol. The van der Waals surface area contributed by atoms with Gasteiger partial charge >= 0.3 is 11.9 Å². The minimum Gasteiger partial charge on any atom is -0.493 e. The molecule has 1 fully saturated rings. The van der Waals surface area contributed by atoms with Gasteiger partial charge in [-0.1, -0.05) is 18.2 Å². The predicted octanol–water partition coefficient (Wildman–Crippen LogP) is 4.88. The molecule has 0 radical (unpaired) electrons. The van der Waals surface area contributed by atoms with Crippen LogP contribution < -0.4 is 14.8 Å². The number of aromatic nitrogens is 1. The van der Waals surface area contributed by atoms with E-state index in [1.54, 1.807) is 18.2 Å². The third-order valence-corrected chi connectivity index (χ3v) is 7.38. The highest BCUT2D eigenvalue weighted by atomic mass is 19.1. The number of hydrogen-bond donors (Lipinski definition) is 1. The lowest BCUT2D eigenvalue weighted by atomic mass is 9.77. The van der Waals surface area contributed by atoms with Gasteiger partial charge in [0, 0.05) is 24.6 Å². The van der Waals surface area contributed by atoms with Gasteiger partial charge in [-0.3, -0.25) is 9.59 Å². The number of esters is 2. The van der Waals surface area contributed by atoms with Gasteiger partial charge in [0.1, 0.15) is 23.8 Å². The lowest BCUT2D eigenvalue weighted by molar-refractivity contribution is -0.152. The van der Waals surface area contributed by atoms with Gasteiger partial charge in [-0.05, 0) is 79.5 Å². The summed E-state index contributed by atoms with van der Waals surface area (Å²) >= 11 is 0. The van der Waals surface area contributed by atoms with E-state index in [9.17, 15) is 23.2 Å². The van der Waals surface area contributed by atoms with Crippen molar-refractivity contribution in [1.82, 2.24) is 10.3 Å². The van der Waals surface area contributed by atoms with E-state index in [0.29, 0.717) is 18.4 Å². The van der Waals surface area contributed by atoms with Crippen molar-refractivity contribution < 1.29 is 37.4 Å². The summed E-state index contributed by atoms with van der Waals surface area (Å²) in [6.45, 7) is 1.47. The molecule has 0 spiro atoms. The summed E-state index contributed by atoms with van der Waals surface area (Å²) in [6, 6.07) is 10.7. The van der Waals surface area contributed by atoms with Gasteiger partial charge in [0.15, 0.2) is 11.4 Å². The lowest BCUT2D eigenvalue weighted by Gasteiger charge is -2.34. The number of carbonyl (C=O) groups excluding carboxylic acids is 3. The molecule has 0 saturated heterocycles. The average molecular weight is 565 g/mol. The molecule has 3 aromatic rings. The van der Waals surface area contributed by atoms with Crippen molar-refractivity contribution in [2.75, 3.05) is 7.11 Å². The zero-order valence-corrected chi connectivity index (χ0v) is 22.7. The molecule has 2 aliphatic rings. The lowest BCUT2D eigenvalue weighted by Crippen LogP contribution is -2.43. The smallest absolute Gasteiger partial charge is 0.328 e. The first-order chi connectivity index (χ1) is 19.7. The number of methoxy groups -OCH3 is 1. The van der Waals surface area contributed by atoms with Crippen LogP contribution in [0.5, 0.6) is 11.5 Å². The quantitative estimate of drug-likeness (QED) is 0.370. The maximum Gasteiger partial charge on any atom is 0.328 e. The zero-order valence-electron chi connectivity index (χ0n) is 22.7. The molecular weight excluding hydrogens is 534 g/mol. The number of benzene rings is 2. The van der Waals surface area contributed by atoms with E-state index in [1.807, 2.05) is 0 Å². The number of ether oxygens (including phenoxy) is 3. The summed E-state index contributed by atoms with van der Waals surface area (Å²) in [7, 11) is 1.38. The third kappa shape index (κ3) is 6.53. The fraction of sp³-hybridized carbons (Fsp3) is 0.355. The zero-order chi connectivity index (χ0) is 29.1. The van der Waals surface area contributed by atoms with Gasteiger partial charge in [-0.2, -0.15) is 0 Å². The largest absolute Gasteiger partial charge is 0.493 e. The Morgan fingerprint density at radius 1 is 1.02 bits per heavy atom. The molecule has 1 amide bonds. The van der Waals surface area contributed by atoms with Crippen LogP contribution in [0, 0.1) is 17.6 Å². The highest BCUT2D eigenvalue weighted by molar-refractivity contribution is 5.98. The molecular formula is C31H30F2N2O6. The second kappa shape index (κ2) is 12.0. The summed E-state index contributed by atoms with van der Waals surface area (Å²) in [5.41, 5.74) is 2.09. The van der Waals surface area contributed by atoms with Crippen LogP contribution >= 0.6 is 0 Å². The van der Waals surface area contributed by atoms with Crippen molar-refractivity contribution in [3.05, 3.63) is 88.7 Å². The SMILES string of the molecule is COc1ccnc(C(=O)N[C@@H](C)C(=O)OC2CCc3cc(F)ccc3C2c2ccc(F)cc2)c1OC(=O)CC1CC1. The topological polar surface area (TPSA) is 104 Å². The van der Waals surface area contributed by atoms with Crippen LogP contribution in [0.25, 0.3) is 0 Å². The van der Waals surface area contributed by atoms with E-state index in [1.165, 1.54) is 50.6 Å². The maximum absolute atomic E-state index is 13.9. The van der Waals surface area contributed by atoms with E-state index in [0.717, 1.165) is 24.0 Å². The Morgan fingerprint density at radius 3 is 2.46 bits per heavy atom. The van der Waals surface area contributed by atoms with Crippen LogP contribution in [0.15, 0.2) is 54.7 Å². The van der Waals surface area contributed by atoms with Crippen LogP contribution in [0.4, 0.5) is 8.78 Å². The van der Waals surface area contributed by atoms with E-state index >= 15 is 0 Å². The van der Waals surface area contributed by atoms with Crippen molar-refractivity contribution in [3.63, 3.8) is 0 Å². The van der Waals surface area contributed by atoms with Gasteiger partial charge in [0.05, 0.1) is 7.11 Å². The predicted molar refractivity (Wildman–Crippen MR) is 144 cm³/mol. The Balaban J connectivity index is 1.32. The van der Waals surface area contributed by atoms with Gasteiger partial charge in [-0.15, -0.1) is 0 Å². The van der Waals surface area contributed by atoms with Crippen molar-refractivity contribution in [3.8, 4) is 11.5 Å². The van der Waals surface area contributed by atoms with Gasteiger partial charge in [0.2, 0.25) is 5.75 Å². The van der Waals surface area contributed by atoms with Crippen LogP contribution in [0.2, 0.25) is 0 Å². The number of halogens is 2. The molecule has 5 rings (SSSR count). The number of hydrogen-bond acceptors (Lipinski definition) is 7. The Bertz CT molecular complexity index is 1460. The van der Waals surface area contributed by atoms with Crippen molar-refractivity contribution in [1.29, 1.82) is 0 Å². The number of carbonyl (C=O) groups is 3. The average Bonchev–Trinajstić information content (AvgIpc) is 3.77. The second-order valence-electron chi connectivity index (χ2n) is 10.4. The van der Waals surface area contributed by atoms with Crippen LogP contribution in [-0.4, -0.2) is 42.1 Å². The number of rotatable bonds is 9. The fourth-order valence-corrected chi connectivity index (χ4v) is 5.09. The first-order valence-electron chi connectivity index (χ1n) is 13.5. The molecule has 1 heterocycles. The number of fused-ring (bicyclic) bond motifs is 1. The number of aryl methyl sites for hydroxylation is 1. The molecule has 8 nitrogen and oxygen atoms in total. The molecule has 2 unspecified atom stereocenters. The van der Waals surface area contributed by atoms with Crippen molar-refractivity contribution >= 4 is 17.8 Å². The number of amides is 1. The summed E-state index contributed by atoms with van der Waals surface area (Å²) in [6.07, 6.45) is 3.73. The Kier molecular flexibility index (Phi) is 8.28. The maximum atomic E-state index is 13.9. The first kappa shape index (κ1) is 28.2. The Labute approximate surface area is 236 Å². The van der Waals surface area contributed by atoms with Crippen LogP contribution in [0.3, 0.4) is 0 Å². The van der Waals surface area contributed by atoms with Crippen LogP contribution in [0.1, 0.15) is 65.7 Å². The molecule has 41 heavy (non-hydrogen) atoms.